The molecule has 9 heteroatoms. The van der Waals surface area contributed by atoms with Crippen LogP contribution in [0.1, 0.15) is 15.9 Å². The highest BCUT2D eigenvalue weighted by Crippen LogP contribution is 2.33. The van der Waals surface area contributed by atoms with E-state index in [1.54, 1.807) is 45.4 Å². The van der Waals surface area contributed by atoms with Crippen molar-refractivity contribution < 1.29 is 33.6 Å². The molecule has 0 bridgehead atoms. The van der Waals surface area contributed by atoms with E-state index in [1.807, 2.05) is 24.3 Å². The molecule has 1 amide bonds. The van der Waals surface area contributed by atoms with Crippen LogP contribution in [0.5, 0.6) is 17.2 Å². The van der Waals surface area contributed by atoms with Crippen molar-refractivity contribution in [2.75, 3.05) is 32.8 Å². The molecule has 3 N–H and O–H groups in total. The fourth-order valence-electron chi connectivity index (χ4n) is 3.80. The number of anilines is 1. The van der Waals surface area contributed by atoms with E-state index in [0.29, 0.717) is 33.8 Å². The van der Waals surface area contributed by atoms with Crippen LogP contribution in [0.3, 0.4) is 0 Å². The normalized spacial score (nSPS) is 11.7. The van der Waals surface area contributed by atoms with Crippen LogP contribution in [0.4, 0.5) is 5.69 Å². The van der Waals surface area contributed by atoms with Crippen molar-refractivity contribution in [2.45, 2.75) is 13.0 Å². The Kier molecular flexibility index (Phi) is 7.76. The number of hydrogen-bond acceptors (Lipinski definition) is 8. The number of rotatable bonds is 9. The molecule has 0 spiro atoms. The van der Waals surface area contributed by atoms with E-state index in [-0.39, 0.29) is 17.9 Å². The third kappa shape index (κ3) is 5.74. The average Bonchev–Trinajstić information content (AvgIpc) is 2.92. The molecule has 1 aromatic heterocycles. The first-order chi connectivity index (χ1) is 17.8. The second kappa shape index (κ2) is 11.2. The molecular formula is C28H27NO8. The molecule has 1 atom stereocenters. The summed E-state index contributed by atoms with van der Waals surface area (Å²) >= 11 is 0. The van der Waals surface area contributed by atoms with Gasteiger partial charge < -0.3 is 34.2 Å². The second-order valence-electron chi connectivity index (χ2n) is 8.35. The molecule has 3 aromatic carbocycles. The van der Waals surface area contributed by atoms with Gasteiger partial charge >= 0.3 is 5.63 Å². The van der Waals surface area contributed by atoms with E-state index >= 15 is 0 Å². The Labute approximate surface area is 212 Å². The molecule has 9 nitrogen and oxygen atoms in total. The van der Waals surface area contributed by atoms with Crippen molar-refractivity contribution >= 4 is 22.6 Å². The fraction of sp³-hybridized carbons (Fsp3) is 0.214. The minimum atomic E-state index is -1.03. The minimum Gasteiger partial charge on any atom is -0.497 e. The molecule has 1 heterocycles. The zero-order chi connectivity index (χ0) is 26.5. The highest BCUT2D eigenvalue weighted by Gasteiger charge is 2.16. The van der Waals surface area contributed by atoms with Gasteiger partial charge in [-0.3, -0.25) is 4.79 Å². The van der Waals surface area contributed by atoms with Gasteiger partial charge in [-0.2, -0.15) is 0 Å². The summed E-state index contributed by atoms with van der Waals surface area (Å²) in [7, 11) is 3.12. The van der Waals surface area contributed by atoms with Crippen LogP contribution in [0, 0.1) is 6.92 Å². The van der Waals surface area contributed by atoms with Crippen LogP contribution in [0.15, 0.2) is 69.9 Å². The average molecular weight is 506 g/mol. The quantitative estimate of drug-likeness (QED) is 0.294. The van der Waals surface area contributed by atoms with Crippen LogP contribution in [0.25, 0.3) is 22.1 Å². The molecule has 0 saturated heterocycles. The monoisotopic (exact) mass is 505 g/mol. The molecule has 0 saturated carbocycles. The lowest BCUT2D eigenvalue weighted by molar-refractivity contribution is 0.0534. The number of carbonyl (C=O) groups excluding carboxylic acids is 1. The minimum absolute atomic E-state index is 0.0139. The molecule has 37 heavy (non-hydrogen) atoms. The maximum absolute atomic E-state index is 13.1. The highest BCUT2D eigenvalue weighted by atomic mass is 16.5. The van der Waals surface area contributed by atoms with Crippen molar-refractivity contribution in [3.8, 4) is 28.4 Å². The van der Waals surface area contributed by atoms with E-state index in [9.17, 15) is 14.7 Å². The van der Waals surface area contributed by atoms with Crippen LogP contribution >= 0.6 is 0 Å². The predicted octanol–water partition coefficient (Wildman–Crippen LogP) is 3.77. The number of aliphatic hydroxyl groups is 2. The first kappa shape index (κ1) is 25.7. The van der Waals surface area contributed by atoms with E-state index in [1.165, 1.54) is 12.1 Å². The van der Waals surface area contributed by atoms with Gasteiger partial charge in [0.05, 0.1) is 20.8 Å². The molecule has 4 aromatic rings. The molecule has 0 aliphatic rings. The number of aryl methyl sites for hydroxylation is 1. The lowest BCUT2D eigenvalue weighted by atomic mass is 10.0. The predicted molar refractivity (Wildman–Crippen MR) is 139 cm³/mol. The first-order valence-electron chi connectivity index (χ1n) is 11.5. The topological polar surface area (TPSA) is 127 Å². The fourth-order valence-corrected chi connectivity index (χ4v) is 3.80. The Balaban J connectivity index is 1.62. The Morgan fingerprint density at radius 2 is 1.84 bits per heavy atom. The number of amides is 1. The van der Waals surface area contributed by atoms with Gasteiger partial charge in [-0.1, -0.05) is 12.1 Å². The number of methoxy groups -OCH3 is 2. The zero-order valence-corrected chi connectivity index (χ0v) is 20.6. The molecule has 1 unspecified atom stereocenters. The first-order valence-corrected chi connectivity index (χ1v) is 11.5. The third-order valence-corrected chi connectivity index (χ3v) is 5.76. The van der Waals surface area contributed by atoms with Crippen LogP contribution in [-0.4, -0.2) is 49.7 Å². The van der Waals surface area contributed by atoms with Crippen molar-refractivity contribution in [3.63, 3.8) is 0 Å². The number of carbonyl (C=O) groups is 1. The SMILES string of the molecule is COc1cccc(-c2cc(C(=O)Nc3cc4cc(C)c(OCC(O)CO)cc4oc3=O)ccc2OC)c1. The summed E-state index contributed by atoms with van der Waals surface area (Å²) in [5, 5.41) is 21.7. The van der Waals surface area contributed by atoms with E-state index in [0.717, 1.165) is 11.1 Å². The molecule has 0 aliphatic carbocycles. The van der Waals surface area contributed by atoms with Gasteiger partial charge in [-0.25, -0.2) is 4.79 Å². The number of nitrogens with one attached hydrogen (secondary N) is 1. The van der Waals surface area contributed by atoms with E-state index in [4.69, 9.17) is 23.7 Å². The number of fused-ring (bicyclic) bond motifs is 1. The van der Waals surface area contributed by atoms with Crippen molar-refractivity contribution in [1.29, 1.82) is 0 Å². The van der Waals surface area contributed by atoms with Gasteiger partial charge in [0.1, 0.15) is 41.2 Å². The number of ether oxygens (including phenoxy) is 3. The Hall–Kier alpha value is -4.34. The zero-order valence-electron chi connectivity index (χ0n) is 20.6. The summed E-state index contributed by atoms with van der Waals surface area (Å²) in [6.45, 7) is 1.25. The smallest absolute Gasteiger partial charge is 0.360 e. The van der Waals surface area contributed by atoms with Gasteiger partial charge in [0.25, 0.3) is 5.91 Å². The Morgan fingerprint density at radius 3 is 2.57 bits per heavy atom. The Morgan fingerprint density at radius 1 is 1.03 bits per heavy atom. The largest absolute Gasteiger partial charge is 0.497 e. The summed E-state index contributed by atoms with van der Waals surface area (Å²) in [6, 6.07) is 17.2. The molecule has 192 valence electrons. The molecule has 0 radical (unpaired) electrons. The summed E-state index contributed by atoms with van der Waals surface area (Å²) in [4.78, 5) is 25.7. The molecule has 0 fully saturated rings. The third-order valence-electron chi connectivity index (χ3n) is 5.76. The summed E-state index contributed by atoms with van der Waals surface area (Å²) in [5.41, 5.74) is 2.05. The summed E-state index contributed by atoms with van der Waals surface area (Å²) < 4.78 is 21.7. The molecule has 0 aliphatic heterocycles. The second-order valence-corrected chi connectivity index (χ2v) is 8.35. The lowest BCUT2D eigenvalue weighted by Gasteiger charge is -2.13. The number of benzene rings is 3. The molecular weight excluding hydrogens is 478 g/mol. The Bertz CT molecular complexity index is 1490. The number of hydrogen-bond donors (Lipinski definition) is 3. The van der Waals surface area contributed by atoms with E-state index in [2.05, 4.69) is 5.32 Å². The summed E-state index contributed by atoms with van der Waals surface area (Å²) in [5.74, 6) is 1.16. The van der Waals surface area contributed by atoms with Crippen LogP contribution in [-0.2, 0) is 0 Å². The van der Waals surface area contributed by atoms with Crippen molar-refractivity contribution in [3.05, 3.63) is 82.2 Å². The molecule has 4 rings (SSSR count). The van der Waals surface area contributed by atoms with Gasteiger partial charge in [0, 0.05) is 22.6 Å². The van der Waals surface area contributed by atoms with Crippen molar-refractivity contribution in [2.24, 2.45) is 0 Å². The van der Waals surface area contributed by atoms with Gasteiger partial charge in [-0.05, 0) is 60.5 Å². The standard InChI is InChI=1S/C28H27NO8/c1-16-9-19-12-23(28(33)37-26(19)13-25(16)36-15-20(31)14-30)29-27(32)18-7-8-24(35-3)22(11-18)17-5-4-6-21(10-17)34-2/h4-13,20,30-31H,14-15H2,1-3H3,(H,29,32). The van der Waals surface area contributed by atoms with Crippen molar-refractivity contribution in [1.82, 2.24) is 0 Å². The van der Waals surface area contributed by atoms with Gasteiger partial charge in [0.15, 0.2) is 0 Å². The maximum atomic E-state index is 13.1. The van der Waals surface area contributed by atoms with Crippen LogP contribution < -0.4 is 25.2 Å². The lowest BCUT2D eigenvalue weighted by Crippen LogP contribution is -2.21. The van der Waals surface area contributed by atoms with Crippen LogP contribution in [0.2, 0.25) is 0 Å². The van der Waals surface area contributed by atoms with E-state index < -0.39 is 24.2 Å². The van der Waals surface area contributed by atoms with Gasteiger partial charge in [-0.15, -0.1) is 0 Å². The summed E-state index contributed by atoms with van der Waals surface area (Å²) in [6.07, 6.45) is -1.03. The number of aliphatic hydroxyl groups excluding tert-OH is 2. The maximum Gasteiger partial charge on any atom is 0.360 e. The van der Waals surface area contributed by atoms with Gasteiger partial charge in [0.2, 0.25) is 0 Å². The highest BCUT2D eigenvalue weighted by molar-refractivity contribution is 6.05.